The first-order valence-electron chi connectivity index (χ1n) is 8.37. The summed E-state index contributed by atoms with van der Waals surface area (Å²) >= 11 is 2.24. The highest BCUT2D eigenvalue weighted by atomic mass is 127. The maximum atomic E-state index is 10.0. The van der Waals surface area contributed by atoms with E-state index in [-0.39, 0.29) is 19.3 Å². The Hall–Kier alpha value is -1.06. The van der Waals surface area contributed by atoms with Crippen molar-refractivity contribution in [3.63, 3.8) is 0 Å². The molecule has 1 aliphatic heterocycles. The van der Waals surface area contributed by atoms with Crippen LogP contribution in [0.3, 0.4) is 0 Å². The molecule has 0 aromatic heterocycles. The Morgan fingerprint density at radius 3 is 2.88 bits per heavy atom. The summed E-state index contributed by atoms with van der Waals surface area (Å²) in [6, 6.07) is 7.73. The van der Waals surface area contributed by atoms with E-state index in [1.807, 2.05) is 31.2 Å². The van der Waals surface area contributed by atoms with Gasteiger partial charge < -0.3 is 25.2 Å². The van der Waals surface area contributed by atoms with Crippen LogP contribution < -0.4 is 15.4 Å². The molecule has 0 amide bonds. The number of rotatable bonds is 8. The van der Waals surface area contributed by atoms with E-state index in [1.54, 1.807) is 0 Å². The van der Waals surface area contributed by atoms with Gasteiger partial charge in [-0.15, -0.1) is 0 Å². The second kappa shape index (κ2) is 10.7. The largest absolute Gasteiger partial charge is 0.491 e. The maximum absolute atomic E-state index is 10.0. The summed E-state index contributed by atoms with van der Waals surface area (Å²) in [5, 5.41) is 16.5. The van der Waals surface area contributed by atoms with E-state index in [4.69, 9.17) is 9.47 Å². The van der Waals surface area contributed by atoms with Crippen LogP contribution in [0.1, 0.15) is 19.8 Å². The Bertz CT molecular complexity index is 504. The highest BCUT2D eigenvalue weighted by Crippen LogP contribution is 2.13. The molecule has 0 radical (unpaired) electrons. The van der Waals surface area contributed by atoms with Crippen LogP contribution >= 0.6 is 22.6 Å². The first-order chi connectivity index (χ1) is 11.7. The van der Waals surface area contributed by atoms with E-state index >= 15 is 0 Å². The minimum Gasteiger partial charge on any atom is -0.491 e. The smallest absolute Gasteiger partial charge is 0.191 e. The lowest BCUT2D eigenvalue weighted by atomic mass is 10.2. The van der Waals surface area contributed by atoms with Crippen molar-refractivity contribution in [1.29, 1.82) is 0 Å². The molecule has 1 heterocycles. The lowest BCUT2D eigenvalue weighted by molar-refractivity contribution is 0.112. The van der Waals surface area contributed by atoms with Gasteiger partial charge in [0, 0.05) is 23.3 Å². The zero-order valence-corrected chi connectivity index (χ0v) is 16.2. The molecule has 3 N–H and O–H groups in total. The molecular weight excluding hydrogens is 421 g/mol. The first-order valence-corrected chi connectivity index (χ1v) is 9.45. The quantitative estimate of drug-likeness (QED) is 0.322. The van der Waals surface area contributed by atoms with Gasteiger partial charge in [0.15, 0.2) is 5.96 Å². The Kier molecular flexibility index (Phi) is 8.62. The summed E-state index contributed by atoms with van der Waals surface area (Å²) in [5.41, 5.74) is 0. The number of aliphatic hydroxyl groups excluding tert-OH is 1. The van der Waals surface area contributed by atoms with Crippen LogP contribution in [-0.2, 0) is 4.74 Å². The minimum absolute atomic E-state index is 0.217. The van der Waals surface area contributed by atoms with Gasteiger partial charge in [-0.3, -0.25) is 4.99 Å². The minimum atomic E-state index is -0.650. The summed E-state index contributed by atoms with van der Waals surface area (Å²) in [5.74, 6) is 1.45. The predicted octanol–water partition coefficient (Wildman–Crippen LogP) is 1.77. The molecule has 6 nitrogen and oxygen atoms in total. The third-order valence-corrected chi connectivity index (χ3v) is 4.30. The Labute approximate surface area is 157 Å². The second-order valence-electron chi connectivity index (χ2n) is 5.65. The van der Waals surface area contributed by atoms with Gasteiger partial charge in [0.25, 0.3) is 0 Å². The number of ether oxygens (including phenoxy) is 2. The standard InChI is InChI=1S/C17H26IN3O3/c1-2-19-17(21-11-16-4-3-9-23-16)20-10-14(22)12-24-15-7-5-13(18)6-8-15/h5-8,14,16,22H,2-4,9-12H2,1H3,(H2,19,20,21). The third kappa shape index (κ3) is 7.23. The first kappa shape index (κ1) is 19.3. The van der Waals surface area contributed by atoms with Crippen molar-refractivity contribution in [1.82, 2.24) is 10.6 Å². The molecule has 0 aliphatic carbocycles. The van der Waals surface area contributed by atoms with Crippen molar-refractivity contribution in [2.45, 2.75) is 32.0 Å². The number of nitrogens with zero attached hydrogens (tertiary/aromatic N) is 1. The number of nitrogens with one attached hydrogen (secondary N) is 2. The lowest BCUT2D eigenvalue weighted by Gasteiger charge is -2.16. The fraction of sp³-hybridized carbons (Fsp3) is 0.588. The van der Waals surface area contributed by atoms with Crippen molar-refractivity contribution in [2.24, 2.45) is 4.99 Å². The number of halogens is 1. The van der Waals surface area contributed by atoms with Crippen molar-refractivity contribution < 1.29 is 14.6 Å². The van der Waals surface area contributed by atoms with Crippen LogP contribution in [0.25, 0.3) is 0 Å². The molecule has 2 unspecified atom stereocenters. The van der Waals surface area contributed by atoms with Gasteiger partial charge in [0.05, 0.1) is 12.6 Å². The molecule has 0 spiro atoms. The summed E-state index contributed by atoms with van der Waals surface area (Å²) in [7, 11) is 0. The molecule has 1 aliphatic rings. The average molecular weight is 447 g/mol. The molecule has 1 aromatic rings. The fourth-order valence-electron chi connectivity index (χ4n) is 2.33. The molecule has 1 fully saturated rings. The molecule has 1 saturated heterocycles. The second-order valence-corrected chi connectivity index (χ2v) is 6.90. The van der Waals surface area contributed by atoms with Crippen LogP contribution in [0.15, 0.2) is 29.3 Å². The van der Waals surface area contributed by atoms with Crippen molar-refractivity contribution in [2.75, 3.05) is 32.8 Å². The van der Waals surface area contributed by atoms with E-state index in [1.165, 1.54) is 0 Å². The third-order valence-electron chi connectivity index (χ3n) is 3.58. The van der Waals surface area contributed by atoms with Gasteiger partial charge in [0.1, 0.15) is 18.5 Å². The molecule has 2 atom stereocenters. The van der Waals surface area contributed by atoms with E-state index < -0.39 is 6.10 Å². The van der Waals surface area contributed by atoms with Crippen LogP contribution in [-0.4, -0.2) is 56.1 Å². The average Bonchev–Trinajstić information content (AvgIpc) is 3.10. The van der Waals surface area contributed by atoms with Gasteiger partial charge in [-0.1, -0.05) is 0 Å². The molecule has 1 aromatic carbocycles. The Morgan fingerprint density at radius 1 is 1.42 bits per heavy atom. The highest BCUT2D eigenvalue weighted by molar-refractivity contribution is 14.1. The lowest BCUT2D eigenvalue weighted by Crippen LogP contribution is -2.41. The fourth-order valence-corrected chi connectivity index (χ4v) is 2.69. The van der Waals surface area contributed by atoms with Gasteiger partial charge in [0.2, 0.25) is 0 Å². The molecule has 134 valence electrons. The molecule has 0 bridgehead atoms. The normalized spacial score (nSPS) is 19.1. The predicted molar refractivity (Wildman–Crippen MR) is 104 cm³/mol. The zero-order valence-electron chi connectivity index (χ0n) is 14.0. The van der Waals surface area contributed by atoms with E-state index in [2.05, 4.69) is 38.2 Å². The zero-order chi connectivity index (χ0) is 17.2. The van der Waals surface area contributed by atoms with Gasteiger partial charge in [-0.25, -0.2) is 0 Å². The van der Waals surface area contributed by atoms with Crippen LogP contribution in [0.5, 0.6) is 5.75 Å². The number of aliphatic imine (C=N–C) groups is 1. The molecule has 24 heavy (non-hydrogen) atoms. The summed E-state index contributed by atoms with van der Waals surface area (Å²) < 4.78 is 12.3. The summed E-state index contributed by atoms with van der Waals surface area (Å²) in [6.07, 6.45) is 1.80. The molecule has 2 rings (SSSR count). The number of hydrogen-bond acceptors (Lipinski definition) is 4. The molecular formula is C17H26IN3O3. The number of hydrogen-bond donors (Lipinski definition) is 3. The highest BCUT2D eigenvalue weighted by Gasteiger charge is 2.15. The van der Waals surface area contributed by atoms with Gasteiger partial charge in [-0.05, 0) is 66.6 Å². The van der Waals surface area contributed by atoms with E-state index in [0.29, 0.717) is 5.96 Å². The number of guanidine groups is 1. The molecule has 0 saturated carbocycles. The molecule has 7 heteroatoms. The topological polar surface area (TPSA) is 75.1 Å². The van der Waals surface area contributed by atoms with E-state index in [9.17, 15) is 5.11 Å². The van der Waals surface area contributed by atoms with Crippen molar-refractivity contribution in [3.8, 4) is 5.75 Å². The van der Waals surface area contributed by atoms with E-state index in [0.717, 1.165) is 41.9 Å². The summed E-state index contributed by atoms with van der Waals surface area (Å²) in [6.45, 7) is 4.86. The van der Waals surface area contributed by atoms with Crippen LogP contribution in [0, 0.1) is 3.57 Å². The maximum Gasteiger partial charge on any atom is 0.191 e. The van der Waals surface area contributed by atoms with Crippen LogP contribution in [0.4, 0.5) is 0 Å². The van der Waals surface area contributed by atoms with Crippen LogP contribution in [0.2, 0.25) is 0 Å². The Balaban J connectivity index is 1.73. The van der Waals surface area contributed by atoms with Gasteiger partial charge in [-0.2, -0.15) is 0 Å². The SMILES string of the molecule is CCNC(=NCC(O)COc1ccc(I)cc1)NCC1CCCO1. The Morgan fingerprint density at radius 2 is 2.21 bits per heavy atom. The van der Waals surface area contributed by atoms with Crippen molar-refractivity contribution >= 4 is 28.6 Å². The monoisotopic (exact) mass is 447 g/mol. The number of benzene rings is 1. The van der Waals surface area contributed by atoms with Crippen molar-refractivity contribution in [3.05, 3.63) is 27.8 Å². The van der Waals surface area contributed by atoms with Gasteiger partial charge >= 0.3 is 0 Å². The summed E-state index contributed by atoms with van der Waals surface area (Å²) in [4.78, 5) is 4.41. The number of aliphatic hydroxyl groups is 1.